The molecule has 1 aliphatic heterocycles. The van der Waals surface area contributed by atoms with Crippen LogP contribution < -0.4 is 5.43 Å². The Hall–Kier alpha value is -2.17. The SMILES string of the molecule is C1=Cc2c(ccc3n[nH]nc23)NN=C1. The number of nitrogens with one attached hydrogen (secondary N) is 2. The van der Waals surface area contributed by atoms with Gasteiger partial charge in [0.15, 0.2) is 0 Å². The quantitative estimate of drug-likeness (QED) is 0.651. The molecule has 2 heterocycles. The van der Waals surface area contributed by atoms with Gasteiger partial charge < -0.3 is 0 Å². The zero-order chi connectivity index (χ0) is 9.38. The Labute approximate surface area is 79.5 Å². The molecule has 5 nitrogen and oxygen atoms in total. The second kappa shape index (κ2) is 2.66. The van der Waals surface area contributed by atoms with E-state index in [1.807, 2.05) is 24.3 Å². The lowest BCUT2D eigenvalue weighted by molar-refractivity contribution is 0.959. The highest BCUT2D eigenvalue weighted by atomic mass is 15.3. The van der Waals surface area contributed by atoms with Crippen LogP contribution in [0.2, 0.25) is 0 Å². The highest BCUT2D eigenvalue weighted by Crippen LogP contribution is 2.25. The molecule has 5 heteroatoms. The number of hydrogen-bond acceptors (Lipinski definition) is 4. The van der Waals surface area contributed by atoms with Crippen LogP contribution >= 0.6 is 0 Å². The highest BCUT2D eigenvalue weighted by Gasteiger charge is 2.08. The fourth-order valence-electron chi connectivity index (χ4n) is 1.49. The fourth-order valence-corrected chi connectivity index (χ4v) is 1.49. The van der Waals surface area contributed by atoms with E-state index in [4.69, 9.17) is 0 Å². The molecule has 0 unspecified atom stereocenters. The first-order valence-electron chi connectivity index (χ1n) is 4.24. The minimum Gasteiger partial charge on any atom is -0.278 e. The Balaban J connectivity index is 2.38. The molecule has 0 amide bonds. The van der Waals surface area contributed by atoms with Crippen molar-refractivity contribution in [1.29, 1.82) is 0 Å². The summed E-state index contributed by atoms with van der Waals surface area (Å²) in [6, 6.07) is 3.84. The summed E-state index contributed by atoms with van der Waals surface area (Å²) in [5, 5.41) is 14.7. The third kappa shape index (κ3) is 0.922. The first-order valence-corrected chi connectivity index (χ1v) is 4.24. The van der Waals surface area contributed by atoms with Gasteiger partial charge in [0.2, 0.25) is 0 Å². The van der Waals surface area contributed by atoms with E-state index in [0.717, 1.165) is 22.3 Å². The van der Waals surface area contributed by atoms with Crippen molar-refractivity contribution in [3.8, 4) is 0 Å². The molecule has 0 radical (unpaired) electrons. The summed E-state index contributed by atoms with van der Waals surface area (Å²) in [5.74, 6) is 0. The number of H-pyrrole nitrogens is 1. The van der Waals surface area contributed by atoms with Crippen molar-refractivity contribution in [1.82, 2.24) is 15.4 Å². The van der Waals surface area contributed by atoms with Crippen molar-refractivity contribution in [3.05, 3.63) is 23.8 Å². The molecule has 1 aromatic carbocycles. The van der Waals surface area contributed by atoms with Crippen LogP contribution in [0.3, 0.4) is 0 Å². The Morgan fingerprint density at radius 2 is 2.14 bits per heavy atom. The van der Waals surface area contributed by atoms with Gasteiger partial charge in [-0.05, 0) is 24.3 Å². The van der Waals surface area contributed by atoms with Crippen molar-refractivity contribution in [2.45, 2.75) is 0 Å². The smallest absolute Gasteiger partial charge is 0.122 e. The zero-order valence-corrected chi connectivity index (χ0v) is 7.23. The van der Waals surface area contributed by atoms with Crippen LogP contribution in [-0.4, -0.2) is 21.6 Å². The number of hydrazone groups is 1. The molecule has 2 N–H and O–H groups in total. The molecule has 0 saturated carbocycles. The molecular weight excluding hydrogens is 178 g/mol. The summed E-state index contributed by atoms with van der Waals surface area (Å²) in [6.45, 7) is 0. The normalized spacial score (nSPS) is 13.7. The molecule has 0 spiro atoms. The number of fused-ring (bicyclic) bond motifs is 3. The second-order valence-electron chi connectivity index (χ2n) is 2.97. The third-order valence-electron chi connectivity index (χ3n) is 2.14. The Morgan fingerprint density at radius 1 is 1.14 bits per heavy atom. The molecule has 0 atom stereocenters. The van der Waals surface area contributed by atoms with Crippen LogP contribution in [0.15, 0.2) is 23.3 Å². The number of nitrogens with zero attached hydrogens (tertiary/aromatic N) is 3. The molecule has 3 rings (SSSR count). The predicted molar refractivity (Wildman–Crippen MR) is 55.0 cm³/mol. The van der Waals surface area contributed by atoms with Crippen molar-refractivity contribution in [2.24, 2.45) is 5.10 Å². The van der Waals surface area contributed by atoms with Gasteiger partial charge >= 0.3 is 0 Å². The third-order valence-corrected chi connectivity index (χ3v) is 2.14. The molecule has 1 aliphatic rings. The van der Waals surface area contributed by atoms with Gasteiger partial charge in [0.1, 0.15) is 11.0 Å². The minimum absolute atomic E-state index is 0.858. The average Bonchev–Trinajstić information content (AvgIpc) is 2.55. The highest BCUT2D eigenvalue weighted by molar-refractivity contribution is 5.94. The van der Waals surface area contributed by atoms with Gasteiger partial charge in [-0.2, -0.15) is 20.5 Å². The summed E-state index contributed by atoms with van der Waals surface area (Å²) in [5.41, 5.74) is 6.60. The fraction of sp³-hybridized carbons (Fsp3) is 0. The van der Waals surface area contributed by atoms with Crippen molar-refractivity contribution >= 4 is 29.0 Å². The van der Waals surface area contributed by atoms with Crippen LogP contribution in [0.4, 0.5) is 5.69 Å². The first-order chi connectivity index (χ1) is 6.95. The lowest BCUT2D eigenvalue weighted by Gasteiger charge is -2.02. The van der Waals surface area contributed by atoms with E-state index >= 15 is 0 Å². The number of rotatable bonds is 0. The predicted octanol–water partition coefficient (Wildman–Crippen LogP) is 1.38. The Morgan fingerprint density at radius 3 is 3.14 bits per heavy atom. The van der Waals surface area contributed by atoms with E-state index in [1.165, 1.54) is 0 Å². The van der Waals surface area contributed by atoms with Gasteiger partial charge in [0.05, 0.1) is 5.69 Å². The maximum absolute atomic E-state index is 4.09. The van der Waals surface area contributed by atoms with Crippen LogP contribution in [0.1, 0.15) is 5.56 Å². The minimum atomic E-state index is 0.858. The van der Waals surface area contributed by atoms with E-state index < -0.39 is 0 Å². The van der Waals surface area contributed by atoms with Gasteiger partial charge in [-0.3, -0.25) is 5.43 Å². The summed E-state index contributed by atoms with van der Waals surface area (Å²) >= 11 is 0. The largest absolute Gasteiger partial charge is 0.278 e. The summed E-state index contributed by atoms with van der Waals surface area (Å²) in [4.78, 5) is 0. The topological polar surface area (TPSA) is 66.0 Å². The van der Waals surface area contributed by atoms with Gasteiger partial charge in [-0.1, -0.05) is 0 Å². The van der Waals surface area contributed by atoms with Crippen LogP contribution in [0.5, 0.6) is 0 Å². The van der Waals surface area contributed by atoms with Crippen molar-refractivity contribution in [2.75, 3.05) is 5.43 Å². The standard InChI is InChI=1S/C9H7N5/c1-2-6-7(11-10-5-1)3-4-8-9(6)13-14-12-8/h1-5,11H,(H,12,13,14). The van der Waals surface area contributed by atoms with E-state index in [1.54, 1.807) is 6.21 Å². The molecule has 2 aromatic rings. The molecule has 1 aromatic heterocycles. The van der Waals surface area contributed by atoms with Crippen LogP contribution in [0.25, 0.3) is 17.1 Å². The van der Waals surface area contributed by atoms with Crippen molar-refractivity contribution < 1.29 is 0 Å². The Kier molecular flexibility index (Phi) is 1.38. The average molecular weight is 185 g/mol. The number of aromatic nitrogens is 3. The zero-order valence-electron chi connectivity index (χ0n) is 7.23. The van der Waals surface area contributed by atoms with Gasteiger partial charge in [0.25, 0.3) is 0 Å². The summed E-state index contributed by atoms with van der Waals surface area (Å²) < 4.78 is 0. The number of anilines is 1. The molecule has 0 saturated heterocycles. The lowest BCUT2D eigenvalue weighted by Crippen LogP contribution is -1.90. The van der Waals surface area contributed by atoms with E-state index in [2.05, 4.69) is 25.9 Å². The van der Waals surface area contributed by atoms with Gasteiger partial charge in [-0.25, -0.2) is 0 Å². The lowest BCUT2D eigenvalue weighted by atomic mass is 10.1. The first kappa shape index (κ1) is 7.25. The number of hydrogen-bond donors (Lipinski definition) is 2. The number of aromatic amines is 1. The molecule has 68 valence electrons. The molecule has 0 aliphatic carbocycles. The molecule has 14 heavy (non-hydrogen) atoms. The number of allylic oxidation sites excluding steroid dienone is 1. The molecule has 0 bridgehead atoms. The van der Waals surface area contributed by atoms with E-state index in [-0.39, 0.29) is 0 Å². The second-order valence-corrected chi connectivity index (χ2v) is 2.97. The maximum atomic E-state index is 4.09. The maximum Gasteiger partial charge on any atom is 0.122 e. The van der Waals surface area contributed by atoms with Crippen molar-refractivity contribution in [3.63, 3.8) is 0 Å². The Bertz CT molecular complexity index is 537. The van der Waals surface area contributed by atoms with E-state index in [0.29, 0.717) is 0 Å². The van der Waals surface area contributed by atoms with Crippen LogP contribution in [0, 0.1) is 0 Å². The van der Waals surface area contributed by atoms with Crippen LogP contribution in [-0.2, 0) is 0 Å². The summed E-state index contributed by atoms with van der Waals surface area (Å²) in [7, 11) is 0. The van der Waals surface area contributed by atoms with E-state index in [9.17, 15) is 0 Å². The molecular formula is C9H7N5. The monoisotopic (exact) mass is 185 g/mol. The van der Waals surface area contributed by atoms with Gasteiger partial charge in [-0.15, -0.1) is 0 Å². The number of benzene rings is 1. The summed E-state index contributed by atoms with van der Waals surface area (Å²) in [6.07, 6.45) is 5.53. The molecule has 0 fully saturated rings. The van der Waals surface area contributed by atoms with Gasteiger partial charge in [0, 0.05) is 11.8 Å².